The highest BCUT2D eigenvalue weighted by molar-refractivity contribution is 9.10. The lowest BCUT2D eigenvalue weighted by atomic mass is 10.3. The van der Waals surface area contributed by atoms with Gasteiger partial charge in [-0.1, -0.05) is 22.9 Å². The Balaban J connectivity index is 2.11. The average molecular weight is 415 g/mol. The van der Waals surface area contributed by atoms with Crippen molar-refractivity contribution in [2.24, 2.45) is 0 Å². The second kappa shape index (κ2) is 7.87. The monoisotopic (exact) mass is 414 g/mol. The Hall–Kier alpha value is -1.77. The molecule has 0 aliphatic carbocycles. The number of amides is 1. The fraction of sp³-hybridized carbons (Fsp3) is 0.188. The van der Waals surface area contributed by atoms with Gasteiger partial charge in [0.2, 0.25) is 15.9 Å². The first-order chi connectivity index (χ1) is 11.3. The number of carbonyl (C=O) groups excluding carboxylic acids is 1. The van der Waals surface area contributed by atoms with E-state index in [-0.39, 0.29) is 18.0 Å². The molecule has 0 saturated carbocycles. The summed E-state index contributed by atoms with van der Waals surface area (Å²) in [7, 11) is -3.77. The van der Waals surface area contributed by atoms with Gasteiger partial charge in [0.15, 0.2) is 0 Å². The van der Waals surface area contributed by atoms with Crippen molar-refractivity contribution in [3.05, 3.63) is 58.8 Å². The zero-order valence-corrected chi connectivity index (χ0v) is 15.3. The molecular weight excluding hydrogens is 399 g/mol. The fourth-order valence-electron chi connectivity index (χ4n) is 2.02. The summed E-state index contributed by atoms with van der Waals surface area (Å²) in [5.74, 6) is -0.912. The van der Waals surface area contributed by atoms with Crippen LogP contribution in [0.15, 0.2) is 57.9 Å². The molecule has 2 rings (SSSR count). The van der Waals surface area contributed by atoms with Crippen LogP contribution in [0.3, 0.4) is 0 Å². The van der Waals surface area contributed by atoms with Gasteiger partial charge in [-0.2, -0.15) is 4.31 Å². The lowest BCUT2D eigenvalue weighted by Gasteiger charge is -2.20. The molecule has 8 heteroatoms. The van der Waals surface area contributed by atoms with Crippen LogP contribution in [-0.2, 0) is 14.8 Å². The first-order valence-electron chi connectivity index (χ1n) is 7.14. The molecular formula is C16H16BrFN2O3S. The van der Waals surface area contributed by atoms with E-state index >= 15 is 0 Å². The first kappa shape index (κ1) is 18.6. The molecule has 0 aliphatic heterocycles. The molecule has 1 N–H and O–H groups in total. The number of nitrogens with one attached hydrogen (secondary N) is 1. The molecule has 0 radical (unpaired) electrons. The van der Waals surface area contributed by atoms with Crippen molar-refractivity contribution in [2.45, 2.75) is 11.8 Å². The van der Waals surface area contributed by atoms with Gasteiger partial charge in [0.1, 0.15) is 5.82 Å². The van der Waals surface area contributed by atoms with Crippen LogP contribution in [0, 0.1) is 5.82 Å². The summed E-state index contributed by atoms with van der Waals surface area (Å²) in [4.78, 5) is 12.2. The zero-order chi connectivity index (χ0) is 17.7. The van der Waals surface area contributed by atoms with E-state index in [0.717, 1.165) is 8.78 Å². The van der Waals surface area contributed by atoms with E-state index < -0.39 is 21.7 Å². The number of rotatable bonds is 6. The predicted octanol–water partition coefficient (Wildman–Crippen LogP) is 3.24. The van der Waals surface area contributed by atoms with E-state index in [1.54, 1.807) is 19.1 Å². The Morgan fingerprint density at radius 1 is 1.12 bits per heavy atom. The Labute approximate surface area is 148 Å². The number of carbonyl (C=O) groups is 1. The van der Waals surface area contributed by atoms with Crippen LogP contribution in [0.5, 0.6) is 0 Å². The number of hydrogen-bond acceptors (Lipinski definition) is 3. The maximum Gasteiger partial charge on any atom is 0.243 e. The van der Waals surface area contributed by atoms with Gasteiger partial charge in [-0.15, -0.1) is 0 Å². The third kappa shape index (κ3) is 4.62. The maximum absolute atomic E-state index is 12.9. The number of halogens is 2. The van der Waals surface area contributed by atoms with Gasteiger partial charge in [0.05, 0.1) is 11.4 Å². The highest BCUT2D eigenvalue weighted by Crippen LogP contribution is 2.19. The SMILES string of the molecule is CCN(CC(=O)Nc1ccc(F)cc1)S(=O)(=O)c1ccc(Br)cc1. The number of anilines is 1. The Kier molecular flexibility index (Phi) is 6.09. The number of sulfonamides is 1. The lowest BCUT2D eigenvalue weighted by molar-refractivity contribution is -0.116. The largest absolute Gasteiger partial charge is 0.325 e. The van der Waals surface area contributed by atoms with Crippen LogP contribution in [0.2, 0.25) is 0 Å². The van der Waals surface area contributed by atoms with Gasteiger partial charge in [-0.25, -0.2) is 12.8 Å². The molecule has 2 aromatic carbocycles. The highest BCUT2D eigenvalue weighted by atomic mass is 79.9. The third-order valence-electron chi connectivity index (χ3n) is 3.25. The van der Waals surface area contributed by atoms with Crippen molar-refractivity contribution in [3.8, 4) is 0 Å². The lowest BCUT2D eigenvalue weighted by Crippen LogP contribution is -2.37. The molecule has 2 aromatic rings. The Morgan fingerprint density at radius 2 is 1.71 bits per heavy atom. The van der Waals surface area contributed by atoms with E-state index in [9.17, 15) is 17.6 Å². The van der Waals surface area contributed by atoms with Crippen LogP contribution in [-0.4, -0.2) is 31.7 Å². The molecule has 5 nitrogen and oxygen atoms in total. The van der Waals surface area contributed by atoms with Crippen LogP contribution in [0.25, 0.3) is 0 Å². The van der Waals surface area contributed by atoms with Gasteiger partial charge in [0, 0.05) is 16.7 Å². The summed E-state index contributed by atoms with van der Waals surface area (Å²) in [6, 6.07) is 11.4. The minimum Gasteiger partial charge on any atom is -0.325 e. The van der Waals surface area contributed by atoms with Crippen LogP contribution in [0.4, 0.5) is 10.1 Å². The molecule has 0 atom stereocenters. The van der Waals surface area contributed by atoms with Crippen molar-refractivity contribution >= 4 is 37.5 Å². The molecule has 128 valence electrons. The molecule has 0 aromatic heterocycles. The summed E-state index contributed by atoms with van der Waals surface area (Å²) in [6.45, 7) is 1.48. The average Bonchev–Trinajstić information content (AvgIpc) is 2.55. The van der Waals surface area contributed by atoms with Crippen molar-refractivity contribution in [1.29, 1.82) is 0 Å². The molecule has 0 saturated heterocycles. The molecule has 24 heavy (non-hydrogen) atoms. The third-order valence-corrected chi connectivity index (χ3v) is 5.72. The summed E-state index contributed by atoms with van der Waals surface area (Å²) in [6.07, 6.45) is 0. The summed E-state index contributed by atoms with van der Waals surface area (Å²) < 4.78 is 39.9. The highest BCUT2D eigenvalue weighted by Gasteiger charge is 2.25. The second-order valence-electron chi connectivity index (χ2n) is 4.94. The number of likely N-dealkylation sites (N-methyl/N-ethyl adjacent to an activating group) is 1. The fourth-order valence-corrected chi connectivity index (χ4v) is 3.69. The van der Waals surface area contributed by atoms with Gasteiger partial charge >= 0.3 is 0 Å². The molecule has 0 unspecified atom stereocenters. The zero-order valence-electron chi connectivity index (χ0n) is 12.9. The topological polar surface area (TPSA) is 66.5 Å². The van der Waals surface area contributed by atoms with Crippen molar-refractivity contribution in [3.63, 3.8) is 0 Å². The maximum atomic E-state index is 12.9. The van der Waals surface area contributed by atoms with E-state index in [4.69, 9.17) is 0 Å². The normalized spacial score (nSPS) is 11.5. The standard InChI is InChI=1S/C16H16BrFN2O3S/c1-2-20(24(22,23)15-9-3-12(17)4-10-15)11-16(21)19-14-7-5-13(18)6-8-14/h3-10H,2,11H2,1H3,(H,19,21). The van der Waals surface area contributed by atoms with Gasteiger partial charge in [-0.05, 0) is 48.5 Å². The molecule has 0 bridgehead atoms. The summed E-state index contributed by atoms with van der Waals surface area (Å²) in [5.41, 5.74) is 0.401. The molecule has 1 amide bonds. The summed E-state index contributed by atoms with van der Waals surface area (Å²) >= 11 is 3.25. The van der Waals surface area contributed by atoms with Crippen molar-refractivity contribution in [1.82, 2.24) is 4.31 Å². The first-order valence-corrected chi connectivity index (χ1v) is 9.37. The Morgan fingerprint density at radius 3 is 2.25 bits per heavy atom. The van der Waals surface area contributed by atoms with E-state index in [1.165, 1.54) is 36.4 Å². The van der Waals surface area contributed by atoms with Gasteiger partial charge in [0.25, 0.3) is 0 Å². The number of hydrogen-bond donors (Lipinski definition) is 1. The number of benzene rings is 2. The molecule has 0 aliphatic rings. The van der Waals surface area contributed by atoms with Crippen molar-refractivity contribution in [2.75, 3.05) is 18.4 Å². The van der Waals surface area contributed by atoms with Crippen molar-refractivity contribution < 1.29 is 17.6 Å². The second-order valence-corrected chi connectivity index (χ2v) is 7.79. The van der Waals surface area contributed by atoms with E-state index in [1.807, 2.05) is 0 Å². The Bertz CT molecular complexity index is 808. The van der Waals surface area contributed by atoms with E-state index in [2.05, 4.69) is 21.2 Å². The van der Waals surface area contributed by atoms with Crippen LogP contribution >= 0.6 is 15.9 Å². The predicted molar refractivity (Wildman–Crippen MR) is 93.6 cm³/mol. The minimum atomic E-state index is -3.77. The summed E-state index contributed by atoms with van der Waals surface area (Å²) in [5, 5.41) is 2.55. The van der Waals surface area contributed by atoms with Crippen LogP contribution in [0.1, 0.15) is 6.92 Å². The van der Waals surface area contributed by atoms with Crippen LogP contribution < -0.4 is 5.32 Å². The van der Waals surface area contributed by atoms with Gasteiger partial charge in [-0.3, -0.25) is 4.79 Å². The van der Waals surface area contributed by atoms with E-state index in [0.29, 0.717) is 5.69 Å². The quantitative estimate of drug-likeness (QED) is 0.788. The smallest absolute Gasteiger partial charge is 0.243 e. The molecule has 0 spiro atoms. The minimum absolute atomic E-state index is 0.113. The number of nitrogens with zero attached hydrogens (tertiary/aromatic N) is 1. The molecule has 0 heterocycles. The molecule has 0 fully saturated rings. The van der Waals surface area contributed by atoms with Gasteiger partial charge < -0.3 is 5.32 Å².